The average Bonchev–Trinajstić information content (AvgIpc) is 2.29. The molecule has 0 heterocycles. The van der Waals surface area contributed by atoms with E-state index in [9.17, 15) is 4.79 Å². The summed E-state index contributed by atoms with van der Waals surface area (Å²) >= 11 is 0. The first-order chi connectivity index (χ1) is 8.06. The molecule has 0 saturated heterocycles. The van der Waals surface area contributed by atoms with Crippen molar-refractivity contribution in [3.8, 4) is 0 Å². The molecular weight excluding hydrogens is 214 g/mol. The molecule has 1 atom stereocenters. The summed E-state index contributed by atoms with van der Waals surface area (Å²) in [5.74, 6) is -0.124. The molecule has 0 aliphatic carbocycles. The van der Waals surface area contributed by atoms with Crippen molar-refractivity contribution in [2.24, 2.45) is 5.73 Å². The van der Waals surface area contributed by atoms with E-state index in [-0.39, 0.29) is 5.91 Å². The van der Waals surface area contributed by atoms with Gasteiger partial charge in [0.1, 0.15) is 0 Å². The maximum Gasteiger partial charge on any atom is 0.241 e. The van der Waals surface area contributed by atoms with Crippen LogP contribution in [0.3, 0.4) is 0 Å². The fourth-order valence-electron chi connectivity index (χ4n) is 1.64. The third kappa shape index (κ3) is 3.75. The minimum atomic E-state index is -0.435. The number of carbonyl (C=O) groups is 1. The van der Waals surface area contributed by atoms with Crippen LogP contribution < -0.4 is 16.0 Å². The zero-order chi connectivity index (χ0) is 12.8. The van der Waals surface area contributed by atoms with E-state index in [0.717, 1.165) is 17.8 Å². The topological polar surface area (TPSA) is 58.4 Å². The Hall–Kier alpha value is -1.55. The van der Waals surface area contributed by atoms with Gasteiger partial charge in [-0.3, -0.25) is 4.79 Å². The van der Waals surface area contributed by atoms with E-state index >= 15 is 0 Å². The van der Waals surface area contributed by atoms with Gasteiger partial charge in [0.25, 0.3) is 0 Å². The number of para-hydroxylation sites is 2. The van der Waals surface area contributed by atoms with Crippen molar-refractivity contribution < 1.29 is 4.79 Å². The molecule has 4 heteroatoms. The zero-order valence-electron chi connectivity index (χ0n) is 10.7. The molecule has 17 heavy (non-hydrogen) atoms. The molecule has 1 aromatic rings. The van der Waals surface area contributed by atoms with E-state index in [1.54, 1.807) is 0 Å². The number of rotatable bonds is 5. The standard InChI is InChI=1S/C13H21N3O/c1-4-7-10(14)13(17)15-11-8-5-6-9-12(11)16(2)3/h5-6,8-10H,4,7,14H2,1-3H3,(H,15,17)/t10-/m1/s1. The quantitative estimate of drug-likeness (QED) is 0.818. The number of hydrogen-bond acceptors (Lipinski definition) is 3. The first-order valence-corrected chi connectivity index (χ1v) is 5.89. The number of amides is 1. The lowest BCUT2D eigenvalue weighted by atomic mass is 10.1. The highest BCUT2D eigenvalue weighted by molar-refractivity contribution is 5.97. The maximum absolute atomic E-state index is 11.8. The number of nitrogens with zero attached hydrogens (tertiary/aromatic N) is 1. The lowest BCUT2D eigenvalue weighted by molar-refractivity contribution is -0.117. The van der Waals surface area contributed by atoms with Gasteiger partial charge in [-0.2, -0.15) is 0 Å². The third-order valence-electron chi connectivity index (χ3n) is 2.58. The largest absolute Gasteiger partial charge is 0.376 e. The second-order valence-corrected chi connectivity index (χ2v) is 4.30. The summed E-state index contributed by atoms with van der Waals surface area (Å²) in [6.07, 6.45) is 1.61. The number of benzene rings is 1. The molecular formula is C13H21N3O. The minimum absolute atomic E-state index is 0.124. The van der Waals surface area contributed by atoms with Gasteiger partial charge in [-0.1, -0.05) is 25.5 Å². The summed E-state index contributed by atoms with van der Waals surface area (Å²) in [5, 5.41) is 2.87. The molecule has 3 N–H and O–H groups in total. The first-order valence-electron chi connectivity index (χ1n) is 5.89. The average molecular weight is 235 g/mol. The van der Waals surface area contributed by atoms with Gasteiger partial charge >= 0.3 is 0 Å². The summed E-state index contributed by atoms with van der Waals surface area (Å²) in [5.41, 5.74) is 7.55. The Labute approximate surface area is 103 Å². The number of nitrogens with one attached hydrogen (secondary N) is 1. The van der Waals surface area contributed by atoms with E-state index in [4.69, 9.17) is 5.73 Å². The minimum Gasteiger partial charge on any atom is -0.376 e. The van der Waals surface area contributed by atoms with Crippen LogP contribution in [0.25, 0.3) is 0 Å². The highest BCUT2D eigenvalue weighted by Crippen LogP contribution is 2.23. The molecule has 0 saturated carbocycles. The van der Waals surface area contributed by atoms with Crippen molar-refractivity contribution in [1.82, 2.24) is 0 Å². The Kier molecular flexibility index (Phi) is 4.97. The normalized spacial score (nSPS) is 12.0. The lowest BCUT2D eigenvalue weighted by Gasteiger charge is -2.19. The van der Waals surface area contributed by atoms with Crippen LogP contribution in [0.4, 0.5) is 11.4 Å². The van der Waals surface area contributed by atoms with Gasteiger partial charge in [-0.25, -0.2) is 0 Å². The van der Waals surface area contributed by atoms with Gasteiger partial charge in [-0.15, -0.1) is 0 Å². The molecule has 0 spiro atoms. The van der Waals surface area contributed by atoms with E-state index in [0.29, 0.717) is 6.42 Å². The van der Waals surface area contributed by atoms with Crippen LogP contribution in [-0.2, 0) is 4.79 Å². The summed E-state index contributed by atoms with van der Waals surface area (Å²) in [6.45, 7) is 2.01. The summed E-state index contributed by atoms with van der Waals surface area (Å²) in [7, 11) is 3.88. The monoisotopic (exact) mass is 235 g/mol. The van der Waals surface area contributed by atoms with Crippen molar-refractivity contribution >= 4 is 17.3 Å². The second-order valence-electron chi connectivity index (χ2n) is 4.30. The predicted molar refractivity (Wildman–Crippen MR) is 72.3 cm³/mol. The second kappa shape index (κ2) is 6.25. The number of anilines is 2. The summed E-state index contributed by atoms with van der Waals surface area (Å²) in [4.78, 5) is 13.8. The third-order valence-corrected chi connectivity index (χ3v) is 2.58. The first kappa shape index (κ1) is 13.5. The Balaban J connectivity index is 2.77. The van der Waals surface area contributed by atoms with Crippen LogP contribution in [-0.4, -0.2) is 26.0 Å². The van der Waals surface area contributed by atoms with Crippen LogP contribution in [0.15, 0.2) is 24.3 Å². The Bertz CT molecular complexity index is 377. The predicted octanol–water partition coefficient (Wildman–Crippen LogP) is 1.82. The molecule has 0 fully saturated rings. The van der Waals surface area contributed by atoms with Crippen LogP contribution in [0.5, 0.6) is 0 Å². The van der Waals surface area contributed by atoms with Gasteiger partial charge in [-0.05, 0) is 18.6 Å². The van der Waals surface area contributed by atoms with Gasteiger partial charge in [0, 0.05) is 14.1 Å². The number of carbonyl (C=O) groups excluding carboxylic acids is 1. The highest BCUT2D eigenvalue weighted by Gasteiger charge is 2.14. The maximum atomic E-state index is 11.8. The van der Waals surface area contributed by atoms with Crippen molar-refractivity contribution in [3.05, 3.63) is 24.3 Å². The number of nitrogens with two attached hydrogens (primary N) is 1. The summed E-state index contributed by atoms with van der Waals surface area (Å²) in [6, 6.07) is 7.24. The molecule has 0 radical (unpaired) electrons. The molecule has 0 bridgehead atoms. The fraction of sp³-hybridized carbons (Fsp3) is 0.462. The molecule has 1 aromatic carbocycles. The van der Waals surface area contributed by atoms with Gasteiger partial charge < -0.3 is 16.0 Å². The molecule has 0 aliphatic rings. The van der Waals surface area contributed by atoms with Crippen LogP contribution in [0.2, 0.25) is 0 Å². The molecule has 1 rings (SSSR count). The van der Waals surface area contributed by atoms with Crippen molar-refractivity contribution in [3.63, 3.8) is 0 Å². The molecule has 0 unspecified atom stereocenters. The van der Waals surface area contributed by atoms with E-state index in [1.807, 2.05) is 50.2 Å². The zero-order valence-corrected chi connectivity index (χ0v) is 10.7. The molecule has 0 aliphatic heterocycles. The van der Waals surface area contributed by atoms with E-state index < -0.39 is 6.04 Å². The van der Waals surface area contributed by atoms with Crippen molar-refractivity contribution in [2.45, 2.75) is 25.8 Å². The smallest absolute Gasteiger partial charge is 0.241 e. The van der Waals surface area contributed by atoms with Crippen LogP contribution >= 0.6 is 0 Å². The Morgan fingerprint density at radius 1 is 1.41 bits per heavy atom. The van der Waals surface area contributed by atoms with Crippen molar-refractivity contribution in [2.75, 3.05) is 24.3 Å². The lowest BCUT2D eigenvalue weighted by Crippen LogP contribution is -2.35. The molecule has 4 nitrogen and oxygen atoms in total. The number of hydrogen-bond donors (Lipinski definition) is 2. The Morgan fingerprint density at radius 2 is 2.06 bits per heavy atom. The SMILES string of the molecule is CCC[C@@H](N)C(=O)Nc1ccccc1N(C)C. The van der Waals surface area contributed by atoms with Gasteiger partial charge in [0.2, 0.25) is 5.91 Å². The van der Waals surface area contributed by atoms with E-state index in [2.05, 4.69) is 5.32 Å². The van der Waals surface area contributed by atoms with Crippen LogP contribution in [0, 0.1) is 0 Å². The van der Waals surface area contributed by atoms with Gasteiger partial charge in [0.15, 0.2) is 0 Å². The van der Waals surface area contributed by atoms with Gasteiger partial charge in [0.05, 0.1) is 17.4 Å². The van der Waals surface area contributed by atoms with Crippen LogP contribution in [0.1, 0.15) is 19.8 Å². The summed E-state index contributed by atoms with van der Waals surface area (Å²) < 4.78 is 0. The highest BCUT2D eigenvalue weighted by atomic mass is 16.2. The molecule has 94 valence electrons. The Morgan fingerprint density at radius 3 is 2.65 bits per heavy atom. The molecule has 0 aromatic heterocycles. The van der Waals surface area contributed by atoms with Crippen molar-refractivity contribution in [1.29, 1.82) is 0 Å². The molecule has 1 amide bonds. The van der Waals surface area contributed by atoms with E-state index in [1.165, 1.54) is 0 Å². The fourth-order valence-corrected chi connectivity index (χ4v) is 1.64.